The molecular formula is C23H32O9. The predicted molar refractivity (Wildman–Crippen MR) is 108 cm³/mol. The maximum absolute atomic E-state index is 13.2. The van der Waals surface area contributed by atoms with Crippen LogP contribution in [0.5, 0.6) is 0 Å². The lowest BCUT2D eigenvalue weighted by atomic mass is 9.73. The fourth-order valence-corrected chi connectivity index (χ4v) is 5.36. The second kappa shape index (κ2) is 8.01. The Bertz CT molecular complexity index is 812. The van der Waals surface area contributed by atoms with Crippen molar-refractivity contribution in [2.24, 2.45) is 22.7 Å². The minimum atomic E-state index is -1.36. The van der Waals surface area contributed by atoms with Gasteiger partial charge in [0.25, 0.3) is 0 Å². The summed E-state index contributed by atoms with van der Waals surface area (Å²) in [5.41, 5.74) is -2.05. The van der Waals surface area contributed by atoms with E-state index in [0.29, 0.717) is 25.9 Å². The Balaban J connectivity index is 1.38. The van der Waals surface area contributed by atoms with Gasteiger partial charge >= 0.3 is 23.9 Å². The van der Waals surface area contributed by atoms with Crippen LogP contribution in [-0.2, 0) is 42.9 Å². The molecule has 2 aliphatic heterocycles. The highest BCUT2D eigenvalue weighted by atomic mass is 16.7. The van der Waals surface area contributed by atoms with Gasteiger partial charge in [0, 0.05) is 25.2 Å². The Morgan fingerprint density at radius 3 is 2.62 bits per heavy atom. The molecule has 2 heterocycles. The Labute approximate surface area is 187 Å². The summed E-state index contributed by atoms with van der Waals surface area (Å²) in [6.45, 7) is 7.07. The third kappa shape index (κ3) is 3.68. The molecule has 2 aliphatic carbocycles. The zero-order chi connectivity index (χ0) is 23.3. The molecule has 0 amide bonds. The van der Waals surface area contributed by atoms with E-state index < -0.39 is 65.2 Å². The zero-order valence-electron chi connectivity index (χ0n) is 19.1. The van der Waals surface area contributed by atoms with Crippen LogP contribution in [0.25, 0.3) is 0 Å². The first-order valence-electron chi connectivity index (χ1n) is 11.5. The summed E-state index contributed by atoms with van der Waals surface area (Å²) in [6.07, 6.45) is 2.34. The molecule has 6 atom stereocenters. The first kappa shape index (κ1) is 23.0. The van der Waals surface area contributed by atoms with E-state index in [1.807, 2.05) is 6.92 Å². The third-order valence-electron chi connectivity index (χ3n) is 7.70. The van der Waals surface area contributed by atoms with Crippen molar-refractivity contribution in [1.29, 1.82) is 0 Å². The molecule has 9 nitrogen and oxygen atoms in total. The van der Waals surface area contributed by atoms with Gasteiger partial charge in [-0.2, -0.15) is 0 Å². The SMILES string of the molecule is CCC(C)(C)C(=O)OCC(=O)OC1C2CC3C1OC(=O)C3(C(=O)OC1(C)CCCCO1)C2. The van der Waals surface area contributed by atoms with Gasteiger partial charge in [-0.3, -0.25) is 14.4 Å². The molecule has 32 heavy (non-hydrogen) atoms. The maximum atomic E-state index is 13.2. The van der Waals surface area contributed by atoms with Gasteiger partial charge < -0.3 is 23.7 Å². The monoisotopic (exact) mass is 452 g/mol. The number of rotatable bonds is 7. The summed E-state index contributed by atoms with van der Waals surface area (Å²) in [6, 6.07) is 0. The normalized spacial score (nSPS) is 37.7. The third-order valence-corrected chi connectivity index (χ3v) is 7.70. The lowest BCUT2D eigenvalue weighted by Crippen LogP contribution is -2.49. The van der Waals surface area contributed by atoms with Crippen molar-refractivity contribution >= 4 is 23.9 Å². The van der Waals surface area contributed by atoms with Crippen molar-refractivity contribution < 1.29 is 42.9 Å². The van der Waals surface area contributed by atoms with Gasteiger partial charge in [0.15, 0.2) is 12.0 Å². The minimum absolute atomic E-state index is 0.198. The summed E-state index contributed by atoms with van der Waals surface area (Å²) in [4.78, 5) is 50.4. The van der Waals surface area contributed by atoms with Gasteiger partial charge in [-0.25, -0.2) is 4.79 Å². The molecule has 0 aromatic heterocycles. The fraction of sp³-hybridized carbons (Fsp3) is 0.826. The number of hydrogen-bond donors (Lipinski definition) is 0. The molecule has 9 heteroatoms. The number of carbonyl (C=O) groups is 4. The van der Waals surface area contributed by atoms with E-state index in [4.69, 9.17) is 23.7 Å². The standard InChI is InChI=1S/C23H32O9/c1-5-21(2,3)18(25)28-12-15(24)30-16-13-10-14-17(16)31-19(26)23(14,11-13)20(27)32-22(4)8-6-7-9-29-22/h13-14,16-17H,5-12H2,1-4H3. The predicted octanol–water partition coefficient (Wildman–Crippen LogP) is 2.29. The van der Waals surface area contributed by atoms with E-state index in [1.54, 1.807) is 20.8 Å². The van der Waals surface area contributed by atoms with Crippen LogP contribution in [0, 0.1) is 22.7 Å². The Morgan fingerprint density at radius 1 is 1.22 bits per heavy atom. The smallest absolute Gasteiger partial charge is 0.344 e. The van der Waals surface area contributed by atoms with Gasteiger partial charge in [-0.05, 0) is 46.0 Å². The summed E-state index contributed by atoms with van der Waals surface area (Å²) >= 11 is 0. The van der Waals surface area contributed by atoms with Crippen LogP contribution in [0.2, 0.25) is 0 Å². The molecule has 0 radical (unpaired) electrons. The van der Waals surface area contributed by atoms with Crippen molar-refractivity contribution in [2.45, 2.75) is 84.2 Å². The summed E-state index contributed by atoms with van der Waals surface area (Å²) in [5, 5.41) is 0. The van der Waals surface area contributed by atoms with Gasteiger partial charge in [-0.1, -0.05) is 6.92 Å². The van der Waals surface area contributed by atoms with Gasteiger partial charge in [0.1, 0.15) is 12.2 Å². The Hall–Kier alpha value is -2.16. The maximum Gasteiger partial charge on any atom is 0.344 e. The molecule has 4 aliphatic rings. The molecule has 0 aromatic rings. The van der Waals surface area contributed by atoms with E-state index in [9.17, 15) is 19.2 Å². The first-order chi connectivity index (χ1) is 15.0. The van der Waals surface area contributed by atoms with Gasteiger partial charge in [0.05, 0.1) is 12.0 Å². The van der Waals surface area contributed by atoms with Crippen LogP contribution in [0.1, 0.15) is 66.2 Å². The highest BCUT2D eigenvalue weighted by Gasteiger charge is 2.75. The number of fused-ring (bicyclic) bond motifs is 1. The number of ether oxygens (including phenoxy) is 5. The number of hydrogen-bond acceptors (Lipinski definition) is 9. The molecule has 2 saturated carbocycles. The van der Waals surface area contributed by atoms with Crippen LogP contribution in [0.15, 0.2) is 0 Å². The van der Waals surface area contributed by atoms with Crippen LogP contribution < -0.4 is 0 Å². The lowest BCUT2D eigenvalue weighted by Gasteiger charge is -2.37. The number of carbonyl (C=O) groups excluding carboxylic acids is 4. The van der Waals surface area contributed by atoms with E-state index in [2.05, 4.69) is 0 Å². The summed E-state index contributed by atoms with van der Waals surface area (Å²) in [7, 11) is 0. The molecular weight excluding hydrogens is 420 g/mol. The second-order valence-corrected chi connectivity index (χ2v) is 10.2. The highest BCUT2D eigenvalue weighted by molar-refractivity contribution is 6.03. The van der Waals surface area contributed by atoms with Gasteiger partial charge in [0.2, 0.25) is 5.79 Å². The first-order valence-corrected chi connectivity index (χ1v) is 11.5. The van der Waals surface area contributed by atoms with Crippen molar-refractivity contribution in [3.63, 3.8) is 0 Å². The lowest BCUT2D eigenvalue weighted by molar-refractivity contribution is -0.245. The van der Waals surface area contributed by atoms with Crippen LogP contribution in [0.3, 0.4) is 0 Å². The summed E-state index contributed by atoms with van der Waals surface area (Å²) in [5.74, 6) is -4.03. The van der Waals surface area contributed by atoms with E-state index in [0.717, 1.165) is 12.8 Å². The van der Waals surface area contributed by atoms with E-state index in [1.165, 1.54) is 0 Å². The van der Waals surface area contributed by atoms with Crippen LogP contribution in [0.4, 0.5) is 0 Å². The quantitative estimate of drug-likeness (QED) is 0.326. The Morgan fingerprint density at radius 2 is 1.97 bits per heavy atom. The molecule has 6 unspecified atom stereocenters. The second-order valence-electron chi connectivity index (χ2n) is 10.2. The zero-order valence-corrected chi connectivity index (χ0v) is 19.1. The van der Waals surface area contributed by atoms with Crippen molar-refractivity contribution in [1.82, 2.24) is 0 Å². The topological polar surface area (TPSA) is 114 Å². The summed E-state index contributed by atoms with van der Waals surface area (Å²) < 4.78 is 27.5. The molecule has 178 valence electrons. The average Bonchev–Trinajstić information content (AvgIpc) is 3.35. The molecule has 0 aromatic carbocycles. The highest BCUT2D eigenvalue weighted by Crippen LogP contribution is 2.63. The molecule has 4 rings (SSSR count). The molecule has 2 bridgehead atoms. The fourth-order valence-electron chi connectivity index (χ4n) is 5.36. The minimum Gasteiger partial charge on any atom is -0.457 e. The van der Waals surface area contributed by atoms with Crippen molar-refractivity contribution in [3.05, 3.63) is 0 Å². The van der Waals surface area contributed by atoms with E-state index in [-0.39, 0.29) is 12.3 Å². The van der Waals surface area contributed by atoms with Crippen LogP contribution >= 0.6 is 0 Å². The molecule has 2 saturated heterocycles. The van der Waals surface area contributed by atoms with E-state index >= 15 is 0 Å². The molecule has 0 N–H and O–H groups in total. The van der Waals surface area contributed by atoms with Crippen molar-refractivity contribution in [2.75, 3.05) is 13.2 Å². The molecule has 4 fully saturated rings. The number of esters is 4. The van der Waals surface area contributed by atoms with Gasteiger partial charge in [-0.15, -0.1) is 0 Å². The van der Waals surface area contributed by atoms with Crippen LogP contribution in [-0.4, -0.2) is 55.1 Å². The Kier molecular flexibility index (Phi) is 5.76. The largest absolute Gasteiger partial charge is 0.457 e. The molecule has 0 spiro atoms. The van der Waals surface area contributed by atoms with Crippen molar-refractivity contribution in [3.8, 4) is 0 Å². The average molecular weight is 453 g/mol.